The van der Waals surface area contributed by atoms with Crippen LogP contribution in [0.5, 0.6) is 5.75 Å². The Morgan fingerprint density at radius 2 is 2.17 bits per heavy atom. The number of rotatable bonds is 5. The number of aromatic nitrogens is 5. The summed E-state index contributed by atoms with van der Waals surface area (Å²) in [5.41, 5.74) is 1.70. The summed E-state index contributed by atoms with van der Waals surface area (Å²) in [6, 6.07) is 9.06. The molecule has 0 fully saturated rings. The van der Waals surface area contributed by atoms with Crippen LogP contribution >= 0.6 is 0 Å². The van der Waals surface area contributed by atoms with Crippen LogP contribution < -0.4 is 10.1 Å². The van der Waals surface area contributed by atoms with E-state index in [2.05, 4.69) is 30.5 Å². The number of hydrogen-bond acceptors (Lipinski definition) is 6. The third-order valence-corrected chi connectivity index (χ3v) is 3.30. The zero-order valence-electron chi connectivity index (χ0n) is 13.3. The van der Waals surface area contributed by atoms with Gasteiger partial charge in [0, 0.05) is 6.54 Å². The molecule has 0 spiro atoms. The Morgan fingerprint density at radius 1 is 1.29 bits per heavy atom. The fourth-order valence-corrected chi connectivity index (χ4v) is 2.19. The van der Waals surface area contributed by atoms with Crippen molar-refractivity contribution < 1.29 is 9.53 Å². The molecule has 0 unspecified atom stereocenters. The van der Waals surface area contributed by atoms with Gasteiger partial charge in [0.05, 0.1) is 7.11 Å². The number of H-pyrrole nitrogens is 1. The normalized spacial score (nSPS) is 10.4. The van der Waals surface area contributed by atoms with Crippen molar-refractivity contribution in [1.29, 1.82) is 0 Å². The largest absolute Gasteiger partial charge is 0.497 e. The molecule has 3 aromatic rings. The molecular weight excluding hydrogens is 308 g/mol. The maximum Gasteiger partial charge on any atom is 0.270 e. The van der Waals surface area contributed by atoms with Crippen molar-refractivity contribution in [2.45, 2.75) is 13.5 Å². The van der Waals surface area contributed by atoms with Crippen LogP contribution in [-0.2, 0) is 6.54 Å². The van der Waals surface area contributed by atoms with Crippen molar-refractivity contribution in [2.75, 3.05) is 7.11 Å². The Morgan fingerprint density at radius 3 is 2.92 bits per heavy atom. The second-order valence-corrected chi connectivity index (χ2v) is 5.04. The minimum Gasteiger partial charge on any atom is -0.497 e. The van der Waals surface area contributed by atoms with Crippen molar-refractivity contribution in [3.05, 3.63) is 53.7 Å². The lowest BCUT2D eigenvalue weighted by Crippen LogP contribution is -2.24. The second kappa shape index (κ2) is 6.86. The van der Waals surface area contributed by atoms with Crippen molar-refractivity contribution in [1.82, 2.24) is 30.5 Å². The van der Waals surface area contributed by atoms with Gasteiger partial charge < -0.3 is 10.1 Å². The maximum atomic E-state index is 12.4. The van der Waals surface area contributed by atoms with Crippen LogP contribution in [0.4, 0.5) is 0 Å². The SMILES string of the molecule is COc1cccc(CNC(=O)c2cc(-c3nc[nH]n3)nc(C)n2)c1. The molecule has 0 aliphatic rings. The fraction of sp³-hybridized carbons (Fsp3) is 0.188. The number of aryl methyl sites for hydroxylation is 1. The molecule has 8 nitrogen and oxygen atoms in total. The van der Waals surface area contributed by atoms with Gasteiger partial charge in [-0.2, -0.15) is 5.10 Å². The molecule has 122 valence electrons. The summed E-state index contributed by atoms with van der Waals surface area (Å²) in [6.07, 6.45) is 1.45. The minimum atomic E-state index is -0.292. The third-order valence-electron chi connectivity index (χ3n) is 3.30. The lowest BCUT2D eigenvalue weighted by atomic mass is 10.2. The van der Waals surface area contributed by atoms with E-state index < -0.39 is 0 Å². The number of aromatic amines is 1. The van der Waals surface area contributed by atoms with Gasteiger partial charge in [0.25, 0.3) is 5.91 Å². The number of ether oxygens (including phenoxy) is 1. The van der Waals surface area contributed by atoms with Gasteiger partial charge in [0.2, 0.25) is 0 Å². The van der Waals surface area contributed by atoms with Crippen molar-refractivity contribution >= 4 is 5.91 Å². The molecule has 0 radical (unpaired) electrons. The van der Waals surface area contributed by atoms with Crippen LogP contribution in [-0.4, -0.2) is 38.2 Å². The van der Waals surface area contributed by atoms with Crippen molar-refractivity contribution in [3.8, 4) is 17.3 Å². The highest BCUT2D eigenvalue weighted by molar-refractivity contribution is 5.93. The monoisotopic (exact) mass is 324 g/mol. The van der Waals surface area contributed by atoms with Gasteiger partial charge in [-0.15, -0.1) is 0 Å². The summed E-state index contributed by atoms with van der Waals surface area (Å²) in [5.74, 6) is 1.35. The van der Waals surface area contributed by atoms with E-state index in [0.717, 1.165) is 11.3 Å². The average molecular weight is 324 g/mol. The van der Waals surface area contributed by atoms with Gasteiger partial charge >= 0.3 is 0 Å². The molecule has 2 N–H and O–H groups in total. The first-order valence-corrected chi connectivity index (χ1v) is 7.28. The topological polar surface area (TPSA) is 106 Å². The Bertz CT molecular complexity index is 848. The highest BCUT2D eigenvalue weighted by Gasteiger charge is 2.13. The summed E-state index contributed by atoms with van der Waals surface area (Å²) in [5, 5.41) is 9.42. The number of nitrogens with one attached hydrogen (secondary N) is 2. The first kappa shape index (κ1) is 15.6. The molecule has 0 atom stereocenters. The molecule has 0 saturated heterocycles. The van der Waals surface area contributed by atoms with E-state index in [-0.39, 0.29) is 11.6 Å². The molecule has 0 bridgehead atoms. The molecular formula is C16H16N6O2. The van der Waals surface area contributed by atoms with E-state index >= 15 is 0 Å². The van der Waals surface area contributed by atoms with E-state index in [1.165, 1.54) is 6.33 Å². The van der Waals surface area contributed by atoms with Crippen LogP contribution in [0.1, 0.15) is 21.9 Å². The van der Waals surface area contributed by atoms with Crippen molar-refractivity contribution in [3.63, 3.8) is 0 Å². The van der Waals surface area contributed by atoms with Crippen molar-refractivity contribution in [2.24, 2.45) is 0 Å². The Hall–Kier alpha value is -3.29. The van der Waals surface area contributed by atoms with E-state index in [0.29, 0.717) is 23.9 Å². The number of amides is 1. The number of carbonyl (C=O) groups is 1. The molecule has 3 rings (SSSR count). The smallest absolute Gasteiger partial charge is 0.270 e. The predicted octanol–water partition coefficient (Wildman–Crippen LogP) is 1.51. The molecule has 2 heterocycles. The van der Waals surface area contributed by atoms with Gasteiger partial charge in [-0.05, 0) is 30.7 Å². The van der Waals surface area contributed by atoms with Gasteiger partial charge in [-0.3, -0.25) is 9.89 Å². The highest BCUT2D eigenvalue weighted by Crippen LogP contribution is 2.14. The zero-order valence-corrected chi connectivity index (χ0v) is 13.3. The van der Waals surface area contributed by atoms with Crippen LogP contribution in [0.25, 0.3) is 11.5 Å². The van der Waals surface area contributed by atoms with Gasteiger partial charge in [-0.1, -0.05) is 12.1 Å². The minimum absolute atomic E-state index is 0.269. The van der Waals surface area contributed by atoms with Crippen LogP contribution in [0.3, 0.4) is 0 Å². The second-order valence-electron chi connectivity index (χ2n) is 5.04. The summed E-state index contributed by atoms with van der Waals surface area (Å²) in [4.78, 5) is 24.8. The molecule has 1 aromatic carbocycles. The van der Waals surface area contributed by atoms with Gasteiger partial charge in [-0.25, -0.2) is 15.0 Å². The summed E-state index contributed by atoms with van der Waals surface area (Å²) >= 11 is 0. The summed E-state index contributed by atoms with van der Waals surface area (Å²) in [6.45, 7) is 2.09. The molecule has 8 heteroatoms. The first-order valence-electron chi connectivity index (χ1n) is 7.28. The molecule has 24 heavy (non-hydrogen) atoms. The molecule has 0 saturated carbocycles. The predicted molar refractivity (Wildman–Crippen MR) is 86.3 cm³/mol. The molecule has 0 aliphatic heterocycles. The molecule has 1 amide bonds. The average Bonchev–Trinajstić information content (AvgIpc) is 3.14. The zero-order chi connectivity index (χ0) is 16.9. The highest BCUT2D eigenvalue weighted by atomic mass is 16.5. The standard InChI is InChI=1S/C16H16N6O2/c1-10-20-13(15-18-9-19-22-15)7-14(21-10)16(23)17-8-11-4-3-5-12(6-11)24-2/h3-7,9H,8H2,1-2H3,(H,17,23)(H,18,19,22). The number of methoxy groups -OCH3 is 1. The lowest BCUT2D eigenvalue weighted by Gasteiger charge is -2.07. The maximum absolute atomic E-state index is 12.4. The van der Waals surface area contributed by atoms with E-state index in [9.17, 15) is 4.79 Å². The van der Waals surface area contributed by atoms with E-state index in [1.807, 2.05) is 24.3 Å². The molecule has 2 aromatic heterocycles. The van der Waals surface area contributed by atoms with Crippen LogP contribution in [0.15, 0.2) is 36.7 Å². The number of hydrogen-bond donors (Lipinski definition) is 2. The van der Waals surface area contributed by atoms with E-state index in [1.54, 1.807) is 20.1 Å². The first-order chi connectivity index (χ1) is 11.7. The number of nitrogens with zero attached hydrogens (tertiary/aromatic N) is 4. The quantitative estimate of drug-likeness (QED) is 0.737. The van der Waals surface area contributed by atoms with Gasteiger partial charge in [0.15, 0.2) is 5.82 Å². The van der Waals surface area contributed by atoms with Crippen LogP contribution in [0, 0.1) is 6.92 Å². The van der Waals surface area contributed by atoms with Gasteiger partial charge in [0.1, 0.15) is 29.3 Å². The number of benzene rings is 1. The lowest BCUT2D eigenvalue weighted by molar-refractivity contribution is 0.0945. The van der Waals surface area contributed by atoms with Crippen LogP contribution in [0.2, 0.25) is 0 Å². The number of carbonyl (C=O) groups excluding carboxylic acids is 1. The summed E-state index contributed by atoms with van der Waals surface area (Å²) in [7, 11) is 1.60. The fourth-order valence-electron chi connectivity index (χ4n) is 2.19. The third kappa shape index (κ3) is 3.54. The molecule has 0 aliphatic carbocycles. The van der Waals surface area contributed by atoms with E-state index in [4.69, 9.17) is 4.74 Å². The Kier molecular flexibility index (Phi) is 4.46. The Balaban J connectivity index is 1.75. The Labute approximate surface area is 138 Å². The summed E-state index contributed by atoms with van der Waals surface area (Å²) < 4.78 is 5.17.